The molecule has 0 fully saturated rings. The molecule has 5 heteroatoms. The van der Waals surface area contributed by atoms with E-state index in [1.807, 2.05) is 24.3 Å². The van der Waals surface area contributed by atoms with Crippen molar-refractivity contribution >= 4 is 5.97 Å². The fraction of sp³-hybridized carbons (Fsp3) is 0.167. The van der Waals surface area contributed by atoms with Gasteiger partial charge in [-0.05, 0) is 17.7 Å². The van der Waals surface area contributed by atoms with Crippen molar-refractivity contribution in [2.75, 3.05) is 7.11 Å². The van der Waals surface area contributed by atoms with E-state index in [-0.39, 0.29) is 5.69 Å². The van der Waals surface area contributed by atoms with E-state index in [1.54, 1.807) is 7.11 Å². The number of hydrogen-bond donors (Lipinski definition) is 2. The first-order valence-corrected chi connectivity index (χ1v) is 5.09. The molecule has 2 N–H and O–H groups in total. The Labute approximate surface area is 98.0 Å². The Morgan fingerprint density at radius 1 is 1.41 bits per heavy atom. The van der Waals surface area contributed by atoms with Crippen molar-refractivity contribution in [3.63, 3.8) is 0 Å². The summed E-state index contributed by atoms with van der Waals surface area (Å²) in [5.41, 5.74) is 1.82. The summed E-state index contributed by atoms with van der Waals surface area (Å²) in [5.74, 6) is -0.217. The molecule has 0 saturated heterocycles. The molecule has 0 amide bonds. The largest absolute Gasteiger partial charge is 0.497 e. The number of aromatic carboxylic acids is 1. The van der Waals surface area contributed by atoms with Crippen LogP contribution in [0.25, 0.3) is 0 Å². The zero-order valence-electron chi connectivity index (χ0n) is 9.30. The lowest BCUT2D eigenvalue weighted by Gasteiger charge is -2.02. The van der Waals surface area contributed by atoms with Gasteiger partial charge >= 0.3 is 5.97 Å². The van der Waals surface area contributed by atoms with Crippen molar-refractivity contribution in [1.82, 2.24) is 10.2 Å². The van der Waals surface area contributed by atoms with Gasteiger partial charge in [0.15, 0.2) is 0 Å². The van der Waals surface area contributed by atoms with Crippen molar-refractivity contribution in [2.45, 2.75) is 6.42 Å². The van der Waals surface area contributed by atoms with Crippen LogP contribution in [0.3, 0.4) is 0 Å². The molecule has 1 aromatic carbocycles. The van der Waals surface area contributed by atoms with Gasteiger partial charge in [0.25, 0.3) is 0 Å². The van der Waals surface area contributed by atoms with Crippen molar-refractivity contribution in [1.29, 1.82) is 0 Å². The molecule has 0 unspecified atom stereocenters. The number of carbonyl (C=O) groups is 1. The van der Waals surface area contributed by atoms with Crippen LogP contribution in [0, 0.1) is 0 Å². The van der Waals surface area contributed by atoms with Crippen LogP contribution >= 0.6 is 0 Å². The van der Waals surface area contributed by atoms with Gasteiger partial charge in [0.05, 0.1) is 13.3 Å². The van der Waals surface area contributed by atoms with Crippen LogP contribution in [0.1, 0.15) is 21.6 Å². The minimum atomic E-state index is -0.994. The summed E-state index contributed by atoms with van der Waals surface area (Å²) >= 11 is 0. The average molecular weight is 232 g/mol. The Balaban J connectivity index is 2.19. The minimum absolute atomic E-state index is 0.140. The summed E-state index contributed by atoms with van der Waals surface area (Å²) in [5, 5.41) is 15.1. The molecule has 17 heavy (non-hydrogen) atoms. The standard InChI is InChI=1S/C12H12N2O3/c1-17-10-4-2-8(3-5-10)6-9-7-13-14-11(9)12(15)16/h2-5,7H,6H2,1H3,(H,13,14)(H,15,16). The number of carboxylic acid groups (broad SMARTS) is 1. The monoisotopic (exact) mass is 232 g/mol. The van der Waals surface area contributed by atoms with Crippen LogP contribution < -0.4 is 4.74 Å². The molecule has 0 spiro atoms. The number of carboxylic acids is 1. The maximum Gasteiger partial charge on any atom is 0.354 e. The predicted octanol–water partition coefficient (Wildman–Crippen LogP) is 1.71. The lowest BCUT2D eigenvalue weighted by molar-refractivity contribution is 0.0689. The molecular formula is C12H12N2O3. The number of methoxy groups -OCH3 is 1. The number of benzene rings is 1. The highest BCUT2D eigenvalue weighted by Gasteiger charge is 2.12. The third kappa shape index (κ3) is 2.44. The molecule has 0 aliphatic carbocycles. The molecule has 1 heterocycles. The van der Waals surface area contributed by atoms with Gasteiger partial charge in [0, 0.05) is 12.0 Å². The van der Waals surface area contributed by atoms with Crippen LogP contribution in [-0.4, -0.2) is 28.4 Å². The summed E-state index contributed by atoms with van der Waals surface area (Å²) in [4.78, 5) is 10.9. The molecular weight excluding hydrogens is 220 g/mol. The number of aromatic nitrogens is 2. The molecule has 0 saturated carbocycles. The fourth-order valence-electron chi connectivity index (χ4n) is 1.59. The summed E-state index contributed by atoms with van der Waals surface area (Å²) in [6.07, 6.45) is 2.07. The minimum Gasteiger partial charge on any atom is -0.497 e. The number of aromatic amines is 1. The van der Waals surface area contributed by atoms with Crippen LogP contribution in [0.2, 0.25) is 0 Å². The van der Waals surface area contributed by atoms with Gasteiger partial charge in [0.2, 0.25) is 0 Å². The molecule has 2 aromatic rings. The number of hydrogen-bond acceptors (Lipinski definition) is 3. The van der Waals surface area contributed by atoms with E-state index in [1.165, 1.54) is 6.20 Å². The third-order valence-corrected chi connectivity index (χ3v) is 2.49. The van der Waals surface area contributed by atoms with E-state index in [4.69, 9.17) is 9.84 Å². The first-order valence-electron chi connectivity index (χ1n) is 5.09. The van der Waals surface area contributed by atoms with Crippen molar-refractivity contribution in [2.24, 2.45) is 0 Å². The lowest BCUT2D eigenvalue weighted by atomic mass is 10.1. The van der Waals surface area contributed by atoms with Gasteiger partial charge in [-0.25, -0.2) is 4.79 Å². The first kappa shape index (κ1) is 11.2. The maximum absolute atomic E-state index is 10.9. The average Bonchev–Trinajstić information content (AvgIpc) is 2.78. The molecule has 0 bridgehead atoms. The van der Waals surface area contributed by atoms with E-state index in [9.17, 15) is 4.79 Å². The van der Waals surface area contributed by atoms with Crippen molar-refractivity contribution in [3.05, 3.63) is 47.3 Å². The van der Waals surface area contributed by atoms with Gasteiger partial charge in [-0.2, -0.15) is 5.10 Å². The van der Waals surface area contributed by atoms with E-state index >= 15 is 0 Å². The zero-order chi connectivity index (χ0) is 12.3. The van der Waals surface area contributed by atoms with Crippen molar-refractivity contribution in [3.8, 4) is 5.75 Å². The Bertz CT molecular complexity index is 517. The number of H-pyrrole nitrogens is 1. The van der Waals surface area contributed by atoms with E-state index in [0.717, 1.165) is 11.3 Å². The Morgan fingerprint density at radius 3 is 2.71 bits per heavy atom. The van der Waals surface area contributed by atoms with E-state index < -0.39 is 5.97 Å². The van der Waals surface area contributed by atoms with Gasteiger partial charge in [0.1, 0.15) is 11.4 Å². The second-order valence-corrected chi connectivity index (χ2v) is 3.60. The van der Waals surface area contributed by atoms with Gasteiger partial charge in [-0.3, -0.25) is 5.10 Å². The molecule has 2 rings (SSSR count). The second kappa shape index (κ2) is 4.69. The third-order valence-electron chi connectivity index (χ3n) is 2.49. The molecule has 1 aromatic heterocycles. The van der Waals surface area contributed by atoms with Crippen LogP contribution in [-0.2, 0) is 6.42 Å². The van der Waals surface area contributed by atoms with E-state index in [2.05, 4.69) is 10.2 Å². The Hall–Kier alpha value is -2.30. The second-order valence-electron chi connectivity index (χ2n) is 3.60. The first-order chi connectivity index (χ1) is 8.20. The van der Waals surface area contributed by atoms with Crippen LogP contribution in [0.15, 0.2) is 30.5 Å². The lowest BCUT2D eigenvalue weighted by Crippen LogP contribution is -2.01. The van der Waals surface area contributed by atoms with Crippen molar-refractivity contribution < 1.29 is 14.6 Å². The quantitative estimate of drug-likeness (QED) is 0.841. The maximum atomic E-state index is 10.9. The van der Waals surface area contributed by atoms with Crippen LogP contribution in [0.5, 0.6) is 5.75 Å². The molecule has 0 atom stereocenters. The molecule has 0 aliphatic heterocycles. The van der Waals surface area contributed by atoms with Gasteiger partial charge in [-0.1, -0.05) is 12.1 Å². The van der Waals surface area contributed by atoms with E-state index in [0.29, 0.717) is 12.0 Å². The predicted molar refractivity (Wildman–Crippen MR) is 61.3 cm³/mol. The topological polar surface area (TPSA) is 75.2 Å². The molecule has 88 valence electrons. The highest BCUT2D eigenvalue weighted by Crippen LogP contribution is 2.16. The normalized spacial score (nSPS) is 10.2. The summed E-state index contributed by atoms with van der Waals surface area (Å²) in [6.45, 7) is 0. The smallest absolute Gasteiger partial charge is 0.354 e. The summed E-state index contributed by atoms with van der Waals surface area (Å²) in [7, 11) is 1.60. The number of nitrogens with one attached hydrogen (secondary N) is 1. The summed E-state index contributed by atoms with van der Waals surface area (Å²) < 4.78 is 5.05. The molecule has 0 radical (unpaired) electrons. The Kier molecular flexibility index (Phi) is 3.09. The number of ether oxygens (including phenoxy) is 1. The highest BCUT2D eigenvalue weighted by atomic mass is 16.5. The molecule has 5 nitrogen and oxygen atoms in total. The van der Waals surface area contributed by atoms with Gasteiger partial charge < -0.3 is 9.84 Å². The number of rotatable bonds is 4. The number of nitrogens with zero attached hydrogens (tertiary/aromatic N) is 1. The van der Waals surface area contributed by atoms with Crippen LogP contribution in [0.4, 0.5) is 0 Å². The zero-order valence-corrected chi connectivity index (χ0v) is 9.30. The highest BCUT2D eigenvalue weighted by molar-refractivity contribution is 5.87. The van der Waals surface area contributed by atoms with Gasteiger partial charge in [-0.15, -0.1) is 0 Å². The fourth-order valence-corrected chi connectivity index (χ4v) is 1.59. The summed E-state index contributed by atoms with van der Waals surface area (Å²) in [6, 6.07) is 7.49. The molecule has 0 aliphatic rings. The Morgan fingerprint density at radius 2 is 2.12 bits per heavy atom. The SMILES string of the molecule is COc1ccc(Cc2cn[nH]c2C(=O)O)cc1.